The van der Waals surface area contributed by atoms with E-state index in [0.717, 1.165) is 51.4 Å². The Hall–Kier alpha value is -2.37. The minimum atomic E-state index is -0.00239. The van der Waals surface area contributed by atoms with Gasteiger partial charge in [-0.2, -0.15) is 15.8 Å². The van der Waals surface area contributed by atoms with E-state index in [1.54, 1.807) is 6.92 Å². The molecule has 0 saturated carbocycles. The number of hydrogen-bond donors (Lipinski definition) is 3. The van der Waals surface area contributed by atoms with Gasteiger partial charge in [-0.05, 0) is 32.9 Å². The summed E-state index contributed by atoms with van der Waals surface area (Å²) in [6.07, 6.45) is 1.01. The Bertz CT molecular complexity index is 611. The molecule has 134 valence electrons. The number of nitrogens with zero attached hydrogens (tertiary/aromatic N) is 4. The van der Waals surface area contributed by atoms with Crippen molar-refractivity contribution in [1.29, 1.82) is 15.8 Å². The molecule has 0 aromatic heterocycles. The molecule has 0 aromatic rings. The Balaban J connectivity index is 2.62. The third-order valence-electron chi connectivity index (χ3n) is 4.40. The van der Waals surface area contributed by atoms with Gasteiger partial charge in [-0.1, -0.05) is 0 Å². The lowest BCUT2D eigenvalue weighted by atomic mass is 10.0. The van der Waals surface area contributed by atoms with Gasteiger partial charge >= 0.3 is 0 Å². The fraction of sp³-hybridized carbons (Fsp3) is 0.611. The first kappa shape index (κ1) is 20.7. The molecule has 3 N–H and O–H groups in total. The minimum Gasteiger partial charge on any atom is -0.372 e. The summed E-state index contributed by atoms with van der Waals surface area (Å²) in [5.74, 6) is 0. The zero-order valence-electron chi connectivity index (χ0n) is 15.3. The van der Waals surface area contributed by atoms with Crippen molar-refractivity contribution in [2.75, 3.05) is 46.3 Å². The molecule has 0 spiro atoms. The van der Waals surface area contributed by atoms with E-state index in [2.05, 4.69) is 26.9 Å². The SMILES string of the molecule is CNCCNCCNC1CCN(/C(C)=C(\C#N)C(C)=C(C#N)C#N)C1. The highest BCUT2D eigenvalue weighted by Crippen LogP contribution is 2.23. The van der Waals surface area contributed by atoms with Crippen molar-refractivity contribution in [1.82, 2.24) is 20.9 Å². The summed E-state index contributed by atoms with van der Waals surface area (Å²) >= 11 is 0. The third kappa shape index (κ3) is 6.21. The maximum Gasteiger partial charge on any atom is 0.133 e. The molecule has 0 radical (unpaired) electrons. The lowest BCUT2D eigenvalue weighted by Crippen LogP contribution is -2.38. The monoisotopic (exact) mass is 341 g/mol. The molecule has 25 heavy (non-hydrogen) atoms. The van der Waals surface area contributed by atoms with Crippen LogP contribution in [0.5, 0.6) is 0 Å². The standard InChI is InChI=1S/C18H27N7/c1-14(16(10-19)11-20)18(12-21)15(2)25-9-4-17(13-25)24-8-7-23-6-5-22-3/h17,22-24H,4-9,13H2,1-3H3/b18-15+. The highest BCUT2D eigenvalue weighted by molar-refractivity contribution is 5.54. The van der Waals surface area contributed by atoms with Crippen molar-refractivity contribution >= 4 is 0 Å². The third-order valence-corrected chi connectivity index (χ3v) is 4.40. The average Bonchev–Trinajstić information content (AvgIpc) is 3.08. The van der Waals surface area contributed by atoms with E-state index in [0.29, 0.717) is 17.2 Å². The summed E-state index contributed by atoms with van der Waals surface area (Å²) in [5, 5.41) is 37.5. The summed E-state index contributed by atoms with van der Waals surface area (Å²) in [7, 11) is 1.94. The molecule has 1 heterocycles. The zero-order valence-corrected chi connectivity index (χ0v) is 15.3. The van der Waals surface area contributed by atoms with E-state index in [1.807, 2.05) is 26.1 Å². The van der Waals surface area contributed by atoms with Gasteiger partial charge < -0.3 is 20.9 Å². The first-order valence-electron chi connectivity index (χ1n) is 8.55. The van der Waals surface area contributed by atoms with Crippen LogP contribution in [-0.2, 0) is 0 Å². The van der Waals surface area contributed by atoms with Crippen LogP contribution in [0.3, 0.4) is 0 Å². The number of rotatable bonds is 9. The molecule has 0 bridgehead atoms. The number of likely N-dealkylation sites (tertiary alicyclic amines) is 1. The number of hydrogen-bond acceptors (Lipinski definition) is 7. The van der Waals surface area contributed by atoms with Crippen LogP contribution < -0.4 is 16.0 Å². The van der Waals surface area contributed by atoms with E-state index >= 15 is 0 Å². The first-order chi connectivity index (χ1) is 12.1. The normalized spacial score (nSPS) is 17.3. The van der Waals surface area contributed by atoms with E-state index in [4.69, 9.17) is 10.5 Å². The fourth-order valence-electron chi connectivity index (χ4n) is 2.85. The van der Waals surface area contributed by atoms with Crippen molar-refractivity contribution in [2.45, 2.75) is 26.3 Å². The second-order valence-electron chi connectivity index (χ2n) is 6.04. The molecule has 7 nitrogen and oxygen atoms in total. The molecule has 1 rings (SSSR count). The van der Waals surface area contributed by atoms with E-state index < -0.39 is 0 Å². The van der Waals surface area contributed by atoms with Gasteiger partial charge in [0.25, 0.3) is 0 Å². The molecule has 1 aliphatic rings. The van der Waals surface area contributed by atoms with Crippen molar-refractivity contribution in [3.8, 4) is 18.2 Å². The molecule has 1 fully saturated rings. The Morgan fingerprint density at radius 2 is 1.72 bits per heavy atom. The molecule has 1 aliphatic heterocycles. The second kappa shape index (κ2) is 11.2. The maximum absolute atomic E-state index is 9.46. The molecule has 0 aromatic carbocycles. The topological polar surface area (TPSA) is 111 Å². The maximum atomic E-state index is 9.46. The Morgan fingerprint density at radius 1 is 1.04 bits per heavy atom. The number of likely N-dealkylation sites (N-methyl/N-ethyl adjacent to an activating group) is 1. The van der Waals surface area contributed by atoms with Crippen LogP contribution >= 0.6 is 0 Å². The minimum absolute atomic E-state index is 0.00239. The highest BCUT2D eigenvalue weighted by Gasteiger charge is 2.24. The molecule has 1 unspecified atom stereocenters. The quantitative estimate of drug-likeness (QED) is 0.320. The van der Waals surface area contributed by atoms with Gasteiger partial charge in [0.1, 0.15) is 23.8 Å². The van der Waals surface area contributed by atoms with Crippen molar-refractivity contribution in [3.05, 3.63) is 22.4 Å². The smallest absolute Gasteiger partial charge is 0.133 e. The molecule has 0 aliphatic carbocycles. The van der Waals surface area contributed by atoms with Gasteiger partial charge in [-0.25, -0.2) is 0 Å². The summed E-state index contributed by atoms with van der Waals surface area (Å²) in [4.78, 5) is 2.15. The zero-order chi connectivity index (χ0) is 18.7. The number of nitrogens with one attached hydrogen (secondary N) is 3. The van der Waals surface area contributed by atoms with Gasteiger partial charge in [-0.15, -0.1) is 0 Å². The summed E-state index contributed by atoms with van der Waals surface area (Å²) in [5.41, 5.74) is 1.71. The average molecular weight is 341 g/mol. The predicted octanol–water partition coefficient (Wildman–Crippen LogP) is 0.621. The summed E-state index contributed by atoms with van der Waals surface area (Å²) in [6, 6.07) is 6.26. The molecule has 1 saturated heterocycles. The molecular weight excluding hydrogens is 314 g/mol. The molecular formula is C18H27N7. The van der Waals surface area contributed by atoms with Gasteiger partial charge in [0.15, 0.2) is 0 Å². The lowest BCUT2D eigenvalue weighted by molar-refractivity contribution is 0.404. The van der Waals surface area contributed by atoms with Gasteiger partial charge in [0.2, 0.25) is 0 Å². The number of nitriles is 3. The Kier molecular flexibility index (Phi) is 9.29. The largest absolute Gasteiger partial charge is 0.372 e. The molecule has 0 amide bonds. The van der Waals surface area contributed by atoms with E-state index in [-0.39, 0.29) is 5.57 Å². The fourth-order valence-corrected chi connectivity index (χ4v) is 2.85. The van der Waals surface area contributed by atoms with Gasteiger partial charge in [-0.3, -0.25) is 0 Å². The van der Waals surface area contributed by atoms with Crippen LogP contribution in [0.15, 0.2) is 22.4 Å². The van der Waals surface area contributed by atoms with Crippen molar-refractivity contribution in [3.63, 3.8) is 0 Å². The first-order valence-corrected chi connectivity index (χ1v) is 8.55. The van der Waals surface area contributed by atoms with Gasteiger partial charge in [0.05, 0.1) is 5.57 Å². The Labute approximate surface area is 150 Å². The lowest BCUT2D eigenvalue weighted by Gasteiger charge is -2.21. The van der Waals surface area contributed by atoms with Crippen LogP contribution in [-0.4, -0.2) is 57.3 Å². The molecule has 7 heteroatoms. The van der Waals surface area contributed by atoms with Crippen molar-refractivity contribution < 1.29 is 0 Å². The highest BCUT2D eigenvalue weighted by atomic mass is 15.2. The van der Waals surface area contributed by atoms with Gasteiger partial charge in [0, 0.05) is 51.0 Å². The van der Waals surface area contributed by atoms with Crippen LogP contribution in [0, 0.1) is 34.0 Å². The van der Waals surface area contributed by atoms with E-state index in [9.17, 15) is 5.26 Å². The van der Waals surface area contributed by atoms with E-state index in [1.165, 1.54) is 0 Å². The number of allylic oxidation sites excluding steroid dienone is 4. The van der Waals surface area contributed by atoms with Crippen LogP contribution in [0.1, 0.15) is 20.3 Å². The van der Waals surface area contributed by atoms with Crippen LogP contribution in [0.4, 0.5) is 0 Å². The predicted molar refractivity (Wildman–Crippen MR) is 97.0 cm³/mol. The van der Waals surface area contributed by atoms with Crippen molar-refractivity contribution in [2.24, 2.45) is 0 Å². The summed E-state index contributed by atoms with van der Waals surface area (Å²) in [6.45, 7) is 8.97. The second-order valence-corrected chi connectivity index (χ2v) is 6.04. The molecule has 1 atom stereocenters. The van der Waals surface area contributed by atoms with Crippen LogP contribution in [0.25, 0.3) is 0 Å². The van der Waals surface area contributed by atoms with Crippen LogP contribution in [0.2, 0.25) is 0 Å². The Morgan fingerprint density at radius 3 is 2.32 bits per heavy atom. The summed E-state index contributed by atoms with van der Waals surface area (Å²) < 4.78 is 0.